The Bertz CT molecular complexity index is 948. The summed E-state index contributed by atoms with van der Waals surface area (Å²) < 4.78 is 11.5. The summed E-state index contributed by atoms with van der Waals surface area (Å²) >= 11 is 0. The van der Waals surface area contributed by atoms with Crippen LogP contribution in [0.4, 0.5) is 0 Å². The van der Waals surface area contributed by atoms with E-state index in [2.05, 4.69) is 56.6 Å². The molecule has 0 fully saturated rings. The zero-order chi connectivity index (χ0) is 20.7. The molecule has 3 aromatic carbocycles. The van der Waals surface area contributed by atoms with E-state index >= 15 is 0 Å². The summed E-state index contributed by atoms with van der Waals surface area (Å²) in [6.45, 7) is 2.80. The van der Waals surface area contributed by atoms with Gasteiger partial charge in [-0.15, -0.1) is 0 Å². The monoisotopic (exact) mass is 392 g/mol. The van der Waals surface area contributed by atoms with Gasteiger partial charge in [-0.25, -0.2) is 4.79 Å². The number of methoxy groups -OCH3 is 1. The average molecular weight is 393 g/mol. The number of hydrogen-bond acceptors (Lipinski definition) is 3. The Labute approximate surface area is 173 Å². The molecule has 3 rings (SSSR count). The smallest absolute Gasteiger partial charge is 0.337 e. The molecule has 0 saturated heterocycles. The Morgan fingerprint density at radius 3 is 2.34 bits per heavy atom. The minimum absolute atomic E-state index is 0.331. The summed E-state index contributed by atoms with van der Waals surface area (Å²) in [5.41, 5.74) is 1.92. The highest BCUT2D eigenvalue weighted by molar-refractivity contribution is 5.89. The van der Waals surface area contributed by atoms with Gasteiger partial charge in [0.1, 0.15) is 5.75 Å². The van der Waals surface area contributed by atoms with Crippen LogP contribution >= 0.6 is 0 Å². The molecule has 0 aliphatic heterocycles. The van der Waals surface area contributed by atoms with Crippen molar-refractivity contribution in [3.05, 3.63) is 77.9 Å². The molecule has 0 aliphatic rings. The first-order valence-electron chi connectivity index (χ1n) is 10.1. The number of ether oxygens (including phenoxy) is 2. The van der Waals surface area contributed by atoms with E-state index in [0.29, 0.717) is 12.2 Å². The van der Waals surface area contributed by atoms with Crippen LogP contribution in [0.3, 0.4) is 0 Å². The lowest BCUT2D eigenvalue weighted by atomic mass is 10.0. The Morgan fingerprint density at radius 1 is 0.897 bits per heavy atom. The fourth-order valence-electron chi connectivity index (χ4n) is 3.43. The van der Waals surface area contributed by atoms with Crippen LogP contribution in [0.1, 0.15) is 22.3 Å². The van der Waals surface area contributed by atoms with E-state index in [1.807, 2.05) is 12.1 Å². The van der Waals surface area contributed by atoms with Gasteiger partial charge in [0.25, 0.3) is 0 Å². The normalized spacial score (nSPS) is 11.4. The Hall–Kier alpha value is -2.85. The third-order valence-corrected chi connectivity index (χ3v) is 5.27. The van der Waals surface area contributed by atoms with Crippen LogP contribution in [0.5, 0.6) is 5.75 Å². The number of fused-ring (bicyclic) bond motifs is 1. The van der Waals surface area contributed by atoms with Crippen LogP contribution in [-0.4, -0.2) is 51.4 Å². The van der Waals surface area contributed by atoms with Crippen molar-refractivity contribution >= 4 is 16.7 Å². The molecule has 0 aromatic heterocycles. The molecule has 0 saturated carbocycles. The van der Waals surface area contributed by atoms with E-state index in [1.54, 1.807) is 12.1 Å². The van der Waals surface area contributed by atoms with Gasteiger partial charge in [-0.1, -0.05) is 42.5 Å². The number of hydrogen-bond donors (Lipinski definition) is 0. The highest BCUT2D eigenvalue weighted by Crippen LogP contribution is 2.17. The van der Waals surface area contributed by atoms with Gasteiger partial charge >= 0.3 is 5.97 Å². The van der Waals surface area contributed by atoms with Crippen molar-refractivity contribution < 1.29 is 18.8 Å². The zero-order valence-electron chi connectivity index (χ0n) is 17.6. The van der Waals surface area contributed by atoms with Crippen molar-refractivity contribution in [3.63, 3.8) is 0 Å². The lowest BCUT2D eigenvalue weighted by Crippen LogP contribution is -2.42. The maximum Gasteiger partial charge on any atom is 0.337 e. The van der Waals surface area contributed by atoms with Crippen molar-refractivity contribution in [1.29, 1.82) is 0 Å². The topological polar surface area (TPSA) is 35.5 Å². The largest absolute Gasteiger partial charge is 0.493 e. The number of esters is 1. The van der Waals surface area contributed by atoms with Crippen LogP contribution < -0.4 is 4.74 Å². The summed E-state index contributed by atoms with van der Waals surface area (Å²) in [6, 6.07) is 22.3. The first-order valence-corrected chi connectivity index (χ1v) is 10.1. The fraction of sp³-hybridized carbons (Fsp3) is 0.320. The van der Waals surface area contributed by atoms with Gasteiger partial charge in [0, 0.05) is 12.8 Å². The minimum Gasteiger partial charge on any atom is -0.493 e. The molecule has 29 heavy (non-hydrogen) atoms. The van der Waals surface area contributed by atoms with Crippen molar-refractivity contribution in [2.45, 2.75) is 12.8 Å². The summed E-state index contributed by atoms with van der Waals surface area (Å²) in [6.07, 6.45) is 2.04. The second-order valence-corrected chi connectivity index (χ2v) is 8.03. The number of likely N-dealkylation sites (N-methyl/N-ethyl adjacent to an activating group) is 1. The molecule has 0 radical (unpaired) electrons. The maximum absolute atomic E-state index is 11.5. The molecule has 3 aromatic rings. The number of rotatable bonds is 9. The predicted octanol–water partition coefficient (Wildman–Crippen LogP) is 4.71. The number of nitrogens with zero attached hydrogens (tertiary/aromatic N) is 1. The highest BCUT2D eigenvalue weighted by atomic mass is 16.5. The molecule has 4 nitrogen and oxygen atoms in total. The maximum atomic E-state index is 11.5. The summed E-state index contributed by atoms with van der Waals surface area (Å²) in [4.78, 5) is 11.5. The first kappa shape index (κ1) is 20.9. The number of carbonyl (C=O) groups is 1. The Morgan fingerprint density at radius 2 is 1.62 bits per heavy atom. The first-order chi connectivity index (χ1) is 14.0. The standard InChI is InChI=1S/C25H30NO3/c1-26(2,17-15-20-9-10-21-7-4-5-8-23(21)19-20)16-6-18-29-24-13-11-22(12-14-24)25(27)28-3/h4-5,7-14,19H,6,15-18H2,1-3H3/q+1. The van der Waals surface area contributed by atoms with Crippen molar-refractivity contribution in [3.8, 4) is 5.75 Å². The van der Waals surface area contributed by atoms with Gasteiger partial charge < -0.3 is 14.0 Å². The molecule has 152 valence electrons. The van der Waals surface area contributed by atoms with Crippen LogP contribution in [0, 0.1) is 0 Å². The molecule has 0 spiro atoms. The average Bonchev–Trinajstić information content (AvgIpc) is 2.75. The SMILES string of the molecule is COC(=O)c1ccc(OCCC[N+](C)(C)CCc2ccc3ccccc3c2)cc1. The van der Waals surface area contributed by atoms with Gasteiger partial charge in [-0.3, -0.25) is 0 Å². The van der Waals surface area contributed by atoms with Crippen molar-refractivity contribution in [2.24, 2.45) is 0 Å². The molecule has 4 heteroatoms. The summed E-state index contributed by atoms with van der Waals surface area (Å²) in [5, 5.41) is 2.60. The third kappa shape index (κ3) is 6.06. The summed E-state index contributed by atoms with van der Waals surface area (Å²) in [7, 11) is 5.92. The van der Waals surface area contributed by atoms with Gasteiger partial charge in [0.05, 0.1) is 46.5 Å². The van der Waals surface area contributed by atoms with Crippen molar-refractivity contribution in [2.75, 3.05) is 40.9 Å². The number of quaternary nitrogens is 1. The fourth-order valence-corrected chi connectivity index (χ4v) is 3.43. The third-order valence-electron chi connectivity index (χ3n) is 5.27. The molecular weight excluding hydrogens is 362 g/mol. The minimum atomic E-state index is -0.331. The Kier molecular flexibility index (Phi) is 6.89. The molecular formula is C25H30NO3+. The summed E-state index contributed by atoms with van der Waals surface area (Å²) in [5.74, 6) is 0.445. The highest BCUT2D eigenvalue weighted by Gasteiger charge is 2.15. The molecule has 0 atom stereocenters. The van der Waals surface area contributed by atoms with Gasteiger partial charge in [-0.05, 0) is 40.6 Å². The van der Waals surface area contributed by atoms with Crippen LogP contribution in [-0.2, 0) is 11.2 Å². The molecule has 0 heterocycles. The van der Waals surface area contributed by atoms with E-state index < -0.39 is 0 Å². The van der Waals surface area contributed by atoms with Crippen LogP contribution in [0.15, 0.2) is 66.7 Å². The second kappa shape index (κ2) is 9.57. The van der Waals surface area contributed by atoms with Crippen LogP contribution in [0.2, 0.25) is 0 Å². The lowest BCUT2D eigenvalue weighted by molar-refractivity contribution is -0.890. The number of carbonyl (C=O) groups excluding carboxylic acids is 1. The predicted molar refractivity (Wildman–Crippen MR) is 117 cm³/mol. The van der Waals surface area contributed by atoms with Gasteiger partial charge in [-0.2, -0.15) is 0 Å². The Balaban J connectivity index is 1.42. The van der Waals surface area contributed by atoms with Gasteiger partial charge in [0.15, 0.2) is 0 Å². The van der Waals surface area contributed by atoms with E-state index in [1.165, 1.54) is 23.4 Å². The molecule has 0 aliphatic carbocycles. The molecule has 0 bridgehead atoms. The van der Waals surface area contributed by atoms with Crippen molar-refractivity contribution in [1.82, 2.24) is 0 Å². The van der Waals surface area contributed by atoms with Gasteiger partial charge in [0.2, 0.25) is 0 Å². The zero-order valence-corrected chi connectivity index (χ0v) is 17.6. The van der Waals surface area contributed by atoms with E-state index in [0.717, 1.165) is 36.2 Å². The molecule has 0 amide bonds. The quantitative estimate of drug-likeness (QED) is 0.300. The van der Waals surface area contributed by atoms with E-state index in [9.17, 15) is 4.79 Å². The van der Waals surface area contributed by atoms with Crippen LogP contribution in [0.25, 0.3) is 10.8 Å². The second-order valence-electron chi connectivity index (χ2n) is 8.03. The van der Waals surface area contributed by atoms with E-state index in [4.69, 9.17) is 9.47 Å². The van der Waals surface area contributed by atoms with E-state index in [-0.39, 0.29) is 5.97 Å². The molecule has 0 unspecified atom stereocenters. The molecule has 0 N–H and O–H groups in total. The lowest BCUT2D eigenvalue weighted by Gasteiger charge is -2.30. The number of benzene rings is 3.